The SMILES string of the molecule is CC(C)CC1C=C(CC(C)C(=O)O)C=CC1C. The van der Waals surface area contributed by atoms with Crippen LogP contribution in [-0.2, 0) is 4.79 Å². The van der Waals surface area contributed by atoms with Crippen LogP contribution in [0.2, 0.25) is 0 Å². The maximum Gasteiger partial charge on any atom is 0.306 e. The largest absolute Gasteiger partial charge is 0.481 e. The van der Waals surface area contributed by atoms with Gasteiger partial charge in [0.2, 0.25) is 0 Å². The van der Waals surface area contributed by atoms with Gasteiger partial charge in [-0.05, 0) is 30.6 Å². The third kappa shape index (κ3) is 4.37. The lowest BCUT2D eigenvalue weighted by Crippen LogP contribution is -2.16. The summed E-state index contributed by atoms with van der Waals surface area (Å²) in [5, 5.41) is 8.92. The van der Waals surface area contributed by atoms with E-state index in [0.29, 0.717) is 24.2 Å². The Morgan fingerprint density at radius 3 is 2.59 bits per heavy atom. The van der Waals surface area contributed by atoms with Gasteiger partial charge < -0.3 is 5.11 Å². The van der Waals surface area contributed by atoms with Gasteiger partial charge in [-0.1, -0.05) is 51.5 Å². The lowest BCUT2D eigenvalue weighted by atomic mass is 9.80. The van der Waals surface area contributed by atoms with Gasteiger partial charge in [0.1, 0.15) is 0 Å². The fourth-order valence-electron chi connectivity index (χ4n) is 2.30. The van der Waals surface area contributed by atoms with Crippen LogP contribution in [0.3, 0.4) is 0 Å². The fourth-order valence-corrected chi connectivity index (χ4v) is 2.30. The summed E-state index contributed by atoms with van der Waals surface area (Å²) in [7, 11) is 0. The number of hydrogen-bond donors (Lipinski definition) is 1. The molecule has 0 spiro atoms. The molecule has 0 aliphatic heterocycles. The number of rotatable bonds is 5. The molecule has 1 aliphatic rings. The molecule has 2 nitrogen and oxygen atoms in total. The molecule has 0 radical (unpaired) electrons. The Hall–Kier alpha value is -1.05. The Balaban J connectivity index is 2.66. The molecular formula is C15H24O2. The second kappa shape index (κ2) is 6.04. The molecule has 1 rings (SSSR count). The van der Waals surface area contributed by atoms with Crippen LogP contribution in [0.4, 0.5) is 0 Å². The second-order valence-electron chi connectivity index (χ2n) is 5.70. The minimum Gasteiger partial charge on any atom is -0.481 e. The summed E-state index contributed by atoms with van der Waals surface area (Å²) in [5.74, 6) is 0.818. The van der Waals surface area contributed by atoms with Crippen molar-refractivity contribution in [1.82, 2.24) is 0 Å². The van der Waals surface area contributed by atoms with Crippen molar-refractivity contribution in [3.63, 3.8) is 0 Å². The number of carboxylic acid groups (broad SMARTS) is 1. The smallest absolute Gasteiger partial charge is 0.306 e. The molecule has 0 aromatic heterocycles. The van der Waals surface area contributed by atoms with E-state index < -0.39 is 5.97 Å². The molecule has 3 atom stereocenters. The van der Waals surface area contributed by atoms with Crippen LogP contribution in [0.1, 0.15) is 40.5 Å². The maximum atomic E-state index is 10.8. The Labute approximate surface area is 104 Å². The molecule has 0 amide bonds. The van der Waals surface area contributed by atoms with E-state index in [2.05, 4.69) is 39.0 Å². The zero-order valence-corrected chi connectivity index (χ0v) is 11.3. The number of allylic oxidation sites excluding steroid dienone is 4. The number of hydrogen-bond acceptors (Lipinski definition) is 1. The standard InChI is InChI=1S/C15H24O2/c1-10(2)7-14-9-13(6-5-11(14)3)8-12(4)15(16)17/h5-6,9-12,14H,7-8H2,1-4H3,(H,16,17). The average Bonchev–Trinajstić information content (AvgIpc) is 2.22. The summed E-state index contributed by atoms with van der Waals surface area (Å²) in [4.78, 5) is 10.8. The first-order valence-electron chi connectivity index (χ1n) is 6.51. The number of aliphatic carboxylic acids is 1. The monoisotopic (exact) mass is 236 g/mol. The Morgan fingerprint density at radius 2 is 2.06 bits per heavy atom. The van der Waals surface area contributed by atoms with E-state index in [1.54, 1.807) is 6.92 Å². The molecule has 0 saturated heterocycles. The van der Waals surface area contributed by atoms with Crippen LogP contribution < -0.4 is 0 Å². The maximum absolute atomic E-state index is 10.8. The molecule has 0 aromatic rings. The molecule has 0 heterocycles. The van der Waals surface area contributed by atoms with Gasteiger partial charge in [-0.15, -0.1) is 0 Å². The summed E-state index contributed by atoms with van der Waals surface area (Å²) < 4.78 is 0. The molecule has 0 aromatic carbocycles. The van der Waals surface area contributed by atoms with Crippen LogP contribution in [-0.4, -0.2) is 11.1 Å². The van der Waals surface area contributed by atoms with Gasteiger partial charge in [0.25, 0.3) is 0 Å². The van der Waals surface area contributed by atoms with Crippen molar-refractivity contribution in [1.29, 1.82) is 0 Å². The van der Waals surface area contributed by atoms with Crippen LogP contribution in [0, 0.1) is 23.7 Å². The molecule has 0 bridgehead atoms. The molecule has 0 saturated carbocycles. The average molecular weight is 236 g/mol. The fraction of sp³-hybridized carbons (Fsp3) is 0.667. The van der Waals surface area contributed by atoms with Crippen LogP contribution in [0.5, 0.6) is 0 Å². The summed E-state index contributed by atoms with van der Waals surface area (Å²) in [5.41, 5.74) is 1.18. The van der Waals surface area contributed by atoms with Crippen molar-refractivity contribution in [3.05, 3.63) is 23.8 Å². The highest BCUT2D eigenvalue weighted by molar-refractivity contribution is 5.70. The van der Waals surface area contributed by atoms with Crippen molar-refractivity contribution in [2.75, 3.05) is 0 Å². The second-order valence-corrected chi connectivity index (χ2v) is 5.70. The van der Waals surface area contributed by atoms with E-state index in [1.165, 1.54) is 12.0 Å². The Kier molecular flexibility index (Phi) is 4.98. The predicted molar refractivity (Wildman–Crippen MR) is 70.7 cm³/mol. The van der Waals surface area contributed by atoms with E-state index in [1.807, 2.05) is 0 Å². The lowest BCUT2D eigenvalue weighted by Gasteiger charge is -2.25. The zero-order valence-electron chi connectivity index (χ0n) is 11.3. The summed E-state index contributed by atoms with van der Waals surface area (Å²) >= 11 is 0. The molecule has 2 heteroatoms. The normalized spacial score (nSPS) is 25.8. The van der Waals surface area contributed by atoms with E-state index in [9.17, 15) is 4.79 Å². The molecule has 1 N–H and O–H groups in total. The van der Waals surface area contributed by atoms with Gasteiger partial charge in [0, 0.05) is 0 Å². The van der Waals surface area contributed by atoms with Gasteiger partial charge in [0.05, 0.1) is 5.92 Å². The Morgan fingerprint density at radius 1 is 1.41 bits per heavy atom. The summed E-state index contributed by atoms with van der Waals surface area (Å²) in [6, 6.07) is 0. The third-order valence-electron chi connectivity index (χ3n) is 3.42. The quantitative estimate of drug-likeness (QED) is 0.786. The highest BCUT2D eigenvalue weighted by Gasteiger charge is 2.20. The Bertz CT molecular complexity index is 326. The van der Waals surface area contributed by atoms with Crippen molar-refractivity contribution >= 4 is 5.97 Å². The zero-order chi connectivity index (χ0) is 13.0. The van der Waals surface area contributed by atoms with E-state index >= 15 is 0 Å². The van der Waals surface area contributed by atoms with Gasteiger partial charge in [-0.25, -0.2) is 0 Å². The highest BCUT2D eigenvalue weighted by atomic mass is 16.4. The summed E-state index contributed by atoms with van der Waals surface area (Å²) in [6.07, 6.45) is 8.42. The first-order chi connectivity index (χ1) is 7.90. The third-order valence-corrected chi connectivity index (χ3v) is 3.42. The summed E-state index contributed by atoms with van der Waals surface area (Å²) in [6.45, 7) is 8.47. The van der Waals surface area contributed by atoms with Gasteiger partial charge in [0.15, 0.2) is 0 Å². The van der Waals surface area contributed by atoms with Gasteiger partial charge in [-0.2, -0.15) is 0 Å². The molecule has 17 heavy (non-hydrogen) atoms. The molecule has 0 fully saturated rings. The lowest BCUT2D eigenvalue weighted by molar-refractivity contribution is -0.141. The van der Waals surface area contributed by atoms with E-state index in [0.717, 1.165) is 0 Å². The van der Waals surface area contributed by atoms with Crippen molar-refractivity contribution in [3.8, 4) is 0 Å². The van der Waals surface area contributed by atoms with Crippen molar-refractivity contribution in [2.24, 2.45) is 23.7 Å². The van der Waals surface area contributed by atoms with Gasteiger partial charge in [-0.3, -0.25) is 4.79 Å². The van der Waals surface area contributed by atoms with Crippen molar-refractivity contribution < 1.29 is 9.90 Å². The van der Waals surface area contributed by atoms with Crippen molar-refractivity contribution in [2.45, 2.75) is 40.5 Å². The molecule has 3 unspecified atom stereocenters. The number of carboxylic acids is 1. The first kappa shape index (κ1) is 14.0. The molecule has 1 aliphatic carbocycles. The predicted octanol–water partition coefficient (Wildman–Crippen LogP) is 3.89. The topological polar surface area (TPSA) is 37.3 Å². The minimum atomic E-state index is -0.710. The minimum absolute atomic E-state index is 0.293. The molecular weight excluding hydrogens is 212 g/mol. The molecule has 96 valence electrons. The van der Waals surface area contributed by atoms with Gasteiger partial charge >= 0.3 is 5.97 Å². The number of carbonyl (C=O) groups is 1. The van der Waals surface area contributed by atoms with Crippen LogP contribution in [0.25, 0.3) is 0 Å². The highest BCUT2D eigenvalue weighted by Crippen LogP contribution is 2.30. The van der Waals surface area contributed by atoms with Crippen LogP contribution in [0.15, 0.2) is 23.8 Å². The first-order valence-corrected chi connectivity index (χ1v) is 6.51. The van der Waals surface area contributed by atoms with E-state index in [-0.39, 0.29) is 5.92 Å². The van der Waals surface area contributed by atoms with Crippen LogP contribution >= 0.6 is 0 Å². The van der Waals surface area contributed by atoms with E-state index in [4.69, 9.17) is 5.11 Å².